The second-order valence-electron chi connectivity index (χ2n) is 5.42. The van der Waals surface area contributed by atoms with Crippen molar-refractivity contribution >= 4 is 32.1 Å². The van der Waals surface area contributed by atoms with Gasteiger partial charge in [-0.05, 0) is 5.56 Å². The third-order valence-corrected chi connectivity index (χ3v) is 4.63. The number of halogens is 3. The van der Waals surface area contributed by atoms with Crippen LogP contribution in [0.3, 0.4) is 0 Å². The van der Waals surface area contributed by atoms with Crippen LogP contribution in [0.15, 0.2) is 30.3 Å². The summed E-state index contributed by atoms with van der Waals surface area (Å²) in [4.78, 5) is 11.9. The van der Waals surface area contributed by atoms with E-state index in [1.165, 1.54) is 0 Å². The Morgan fingerprint density at radius 2 is 1.87 bits per heavy atom. The summed E-state index contributed by atoms with van der Waals surface area (Å²) in [6.45, 7) is -0.364. The van der Waals surface area contributed by atoms with E-state index in [4.69, 9.17) is 4.74 Å². The van der Waals surface area contributed by atoms with E-state index in [0.717, 1.165) is 15.7 Å². The number of alkyl halides is 3. The van der Waals surface area contributed by atoms with Crippen LogP contribution in [-0.2, 0) is 25.8 Å². The van der Waals surface area contributed by atoms with Crippen molar-refractivity contribution in [1.29, 1.82) is 0 Å². The molecule has 23 heavy (non-hydrogen) atoms. The van der Waals surface area contributed by atoms with E-state index in [-0.39, 0.29) is 6.61 Å². The topological polar surface area (TPSA) is 72.9 Å². The maximum absolute atomic E-state index is 13.2. The van der Waals surface area contributed by atoms with Gasteiger partial charge in [0.1, 0.15) is 22.3 Å². The van der Waals surface area contributed by atoms with E-state index >= 15 is 0 Å². The van der Waals surface area contributed by atoms with Crippen molar-refractivity contribution < 1.29 is 35.3 Å². The van der Waals surface area contributed by atoms with Gasteiger partial charge in [0, 0.05) is 0 Å². The van der Waals surface area contributed by atoms with Crippen molar-refractivity contribution in [2.24, 2.45) is 0 Å². The molecule has 1 aromatic carbocycles. The second kappa shape index (κ2) is 5.75. The fourth-order valence-electron chi connectivity index (χ4n) is 2.28. The minimum absolute atomic E-state index is 0.364. The molecule has 0 bridgehead atoms. The summed E-state index contributed by atoms with van der Waals surface area (Å²) in [6.07, 6.45) is -6.64. The van der Waals surface area contributed by atoms with Gasteiger partial charge in [0.2, 0.25) is 0 Å². The molecule has 0 aromatic heterocycles. The van der Waals surface area contributed by atoms with Gasteiger partial charge in [-0.25, -0.2) is 4.79 Å². The van der Waals surface area contributed by atoms with Crippen LogP contribution in [0.1, 0.15) is 5.56 Å². The normalized spacial score (nSPS) is 22.7. The Balaban J connectivity index is 2.25. The first-order valence-corrected chi connectivity index (χ1v) is 7.84. The molecule has 1 fully saturated rings. The maximum atomic E-state index is 13.2. The first-order valence-electron chi connectivity index (χ1n) is 6.47. The van der Waals surface area contributed by atoms with E-state index in [2.05, 4.69) is 4.18 Å². The molecule has 0 aliphatic carbocycles. The van der Waals surface area contributed by atoms with Gasteiger partial charge in [-0.3, -0.25) is 4.18 Å². The van der Waals surface area contributed by atoms with Crippen LogP contribution < -0.4 is 0 Å². The summed E-state index contributed by atoms with van der Waals surface area (Å²) in [5, 5.41) is -2.15. The number of carbonyl (C=O) groups is 1. The monoisotopic (exact) mass is 349 g/mol. The highest BCUT2D eigenvalue weighted by atomic mass is 32.2. The molecule has 1 amide bonds. The van der Waals surface area contributed by atoms with Crippen LogP contribution >= 0.6 is 0 Å². The van der Waals surface area contributed by atoms with Gasteiger partial charge < -0.3 is 4.74 Å². The predicted octanol–water partition coefficient (Wildman–Crippen LogP) is -0.249. The minimum Gasteiger partial charge on any atom is -0.444 e. The number of hydrogen-bond donors (Lipinski definition) is 0. The van der Waals surface area contributed by atoms with Crippen molar-refractivity contribution in [3.05, 3.63) is 35.9 Å². The zero-order valence-corrected chi connectivity index (χ0v) is 13.0. The molecule has 0 N–H and O–H groups in total. The molecule has 1 atom stereocenters. The fraction of sp³-hybridized carbons (Fsp3) is 0.364. The first kappa shape index (κ1) is 17.7. The van der Waals surface area contributed by atoms with Crippen LogP contribution in [0.4, 0.5) is 18.0 Å². The maximum Gasteiger partial charge on any atom is 0.426 e. The second-order valence-corrected chi connectivity index (χ2v) is 6.84. The highest BCUT2D eigenvalue weighted by Crippen LogP contribution is 2.40. The number of benzene rings is 1. The van der Waals surface area contributed by atoms with E-state index in [1.54, 1.807) is 30.3 Å². The largest absolute Gasteiger partial charge is 0.444 e. The Kier molecular flexibility index (Phi) is 4.42. The van der Waals surface area contributed by atoms with Crippen LogP contribution in [-0.4, -0.2) is 52.1 Å². The molecule has 1 aromatic rings. The minimum atomic E-state index is -5.00. The van der Waals surface area contributed by atoms with Gasteiger partial charge in [-0.1, -0.05) is 30.3 Å². The molecule has 1 saturated heterocycles. The highest BCUT2D eigenvalue weighted by molar-refractivity contribution is 7.85. The summed E-state index contributed by atoms with van der Waals surface area (Å²) in [5.74, 6) is 0. The molecule has 0 radical (unpaired) electrons. The Morgan fingerprint density at radius 3 is 2.39 bits per heavy atom. The first-order chi connectivity index (χ1) is 10.5. The number of amides is 1. The lowest BCUT2D eigenvalue weighted by Crippen LogP contribution is -2.56. The molecule has 124 valence electrons. The smallest absolute Gasteiger partial charge is 0.426 e. The van der Waals surface area contributed by atoms with Crippen molar-refractivity contribution in [2.45, 2.75) is 24.2 Å². The van der Waals surface area contributed by atoms with E-state index in [0.29, 0.717) is 5.56 Å². The molecule has 1 aliphatic heterocycles. The average Bonchev–Trinajstić information content (AvgIpc) is 2.61. The summed E-state index contributed by atoms with van der Waals surface area (Å²) in [6, 6.07) is 5.47. The summed E-state index contributed by atoms with van der Waals surface area (Å²) >= 11 is 0. The van der Waals surface area contributed by atoms with Crippen LogP contribution in [0, 0.1) is 0 Å². The number of nitrogens with zero attached hydrogens (tertiary/aromatic N) is 1. The Hall–Kier alpha value is -1.68. The van der Waals surface area contributed by atoms with Crippen LogP contribution in [0.25, 0.3) is 0 Å². The third kappa shape index (κ3) is 3.63. The molecular weight excluding hydrogens is 337 g/mol. The molecule has 0 spiro atoms. The van der Waals surface area contributed by atoms with E-state index in [1.807, 2.05) is 0 Å². The lowest BCUT2D eigenvalue weighted by molar-refractivity contribution is -0.175. The van der Waals surface area contributed by atoms with Gasteiger partial charge in [0.05, 0.1) is 5.40 Å². The highest BCUT2D eigenvalue weighted by Gasteiger charge is 2.65. The van der Waals surface area contributed by atoms with Crippen molar-refractivity contribution in [1.82, 2.24) is 4.31 Å². The zero-order valence-electron chi connectivity index (χ0n) is 12.2. The molecule has 1 aliphatic rings. The SMILES string of the molecule is BC1(B)OS(=O)(=O)N(C(=O)OCc2ccccc2)[C@@H]1C(F)(F)F. The zero-order chi connectivity index (χ0) is 17.5. The number of ether oxygens (including phenoxy) is 1. The average molecular weight is 349 g/mol. The molecular formula is C11H12B2F3NO5S. The van der Waals surface area contributed by atoms with Gasteiger partial charge >= 0.3 is 22.6 Å². The summed E-state index contributed by atoms with van der Waals surface area (Å²) in [5.41, 5.74) is 0.501. The van der Waals surface area contributed by atoms with E-state index in [9.17, 15) is 26.4 Å². The van der Waals surface area contributed by atoms with Gasteiger partial charge in [-0.2, -0.15) is 25.9 Å². The number of hydrogen-bond acceptors (Lipinski definition) is 5. The van der Waals surface area contributed by atoms with Crippen molar-refractivity contribution in [3.63, 3.8) is 0 Å². The lowest BCUT2D eigenvalue weighted by Gasteiger charge is -2.29. The van der Waals surface area contributed by atoms with Gasteiger partial charge in [0.15, 0.2) is 6.04 Å². The van der Waals surface area contributed by atoms with Crippen molar-refractivity contribution in [3.8, 4) is 0 Å². The van der Waals surface area contributed by atoms with Crippen LogP contribution in [0.5, 0.6) is 0 Å². The number of rotatable bonds is 2. The standard InChI is InChI=1S/C11H12B2F3NO5S/c12-10(13)8(11(14,15)16)17(23(19,20)22-10)9(18)21-6-7-4-2-1-3-5-7/h1-5,8H,6,12-13H2/t8-/m0/s1. The van der Waals surface area contributed by atoms with Gasteiger partial charge in [-0.15, -0.1) is 0 Å². The van der Waals surface area contributed by atoms with Gasteiger partial charge in [0.25, 0.3) is 0 Å². The Bertz CT molecular complexity index is 695. The molecule has 6 nitrogen and oxygen atoms in total. The molecule has 0 saturated carbocycles. The summed E-state index contributed by atoms with van der Waals surface area (Å²) in [7, 11) is -3.02. The molecule has 1 heterocycles. The molecule has 0 unspecified atom stereocenters. The third-order valence-electron chi connectivity index (χ3n) is 3.15. The lowest BCUT2D eigenvalue weighted by atomic mass is 9.60. The molecule has 12 heteroatoms. The quantitative estimate of drug-likeness (QED) is 0.689. The molecule has 2 rings (SSSR count). The van der Waals surface area contributed by atoms with E-state index < -0.39 is 38.3 Å². The fourth-order valence-corrected chi connectivity index (χ4v) is 3.86. The predicted molar refractivity (Wildman–Crippen MR) is 78.1 cm³/mol. The Morgan fingerprint density at radius 1 is 1.30 bits per heavy atom. The van der Waals surface area contributed by atoms with Crippen LogP contribution in [0.2, 0.25) is 0 Å². The van der Waals surface area contributed by atoms with Crippen molar-refractivity contribution in [2.75, 3.05) is 0 Å². The summed E-state index contributed by atoms with van der Waals surface area (Å²) < 4.78 is 71.9. The Labute approximate surface area is 132 Å². The number of carbonyl (C=O) groups excluding carboxylic acids is 1.